The van der Waals surface area contributed by atoms with E-state index in [9.17, 15) is 0 Å². The molecule has 0 amide bonds. The molecule has 90 valence electrons. The monoisotopic (exact) mass is 241 g/mol. The third-order valence-electron chi connectivity index (χ3n) is 2.91. The molecule has 0 atom stereocenters. The van der Waals surface area contributed by atoms with E-state index in [-0.39, 0.29) is 0 Å². The van der Waals surface area contributed by atoms with E-state index in [1.165, 1.54) is 38.5 Å². The number of rotatable bonds is 4. The van der Waals surface area contributed by atoms with Gasteiger partial charge in [0.15, 0.2) is 0 Å². The zero-order valence-corrected chi connectivity index (χ0v) is 10.3. The van der Waals surface area contributed by atoms with Gasteiger partial charge in [-0.05, 0) is 23.3 Å². The minimum atomic E-state index is 0.587. The molecular formula is C10H19N5S. The third kappa shape index (κ3) is 3.18. The maximum atomic E-state index is 5.52. The molecule has 0 bridgehead atoms. The molecule has 0 aromatic carbocycles. The van der Waals surface area contributed by atoms with Crippen LogP contribution in [0.3, 0.4) is 0 Å². The van der Waals surface area contributed by atoms with Crippen molar-refractivity contribution >= 4 is 11.8 Å². The van der Waals surface area contributed by atoms with Gasteiger partial charge in [0.25, 0.3) is 0 Å². The Balaban J connectivity index is 1.93. The Morgan fingerprint density at radius 1 is 1.25 bits per heavy atom. The van der Waals surface area contributed by atoms with Crippen LogP contribution >= 0.6 is 11.8 Å². The van der Waals surface area contributed by atoms with Crippen LogP contribution < -0.4 is 5.73 Å². The fourth-order valence-electron chi connectivity index (χ4n) is 2.05. The summed E-state index contributed by atoms with van der Waals surface area (Å²) in [6, 6.07) is 0. The SMILES string of the molecule is NCCn1nnnc1SC1CCCCCC1. The van der Waals surface area contributed by atoms with Gasteiger partial charge in [-0.1, -0.05) is 37.4 Å². The standard InChI is InChI=1S/C10H19N5S/c11-7-8-15-10(12-13-14-15)16-9-5-3-1-2-4-6-9/h9H,1-8,11H2. The molecule has 1 aliphatic carbocycles. The summed E-state index contributed by atoms with van der Waals surface area (Å²) in [7, 11) is 0. The summed E-state index contributed by atoms with van der Waals surface area (Å²) >= 11 is 1.82. The van der Waals surface area contributed by atoms with Gasteiger partial charge in [0.1, 0.15) is 0 Å². The third-order valence-corrected chi connectivity index (χ3v) is 4.22. The summed E-state index contributed by atoms with van der Waals surface area (Å²) in [5.41, 5.74) is 5.52. The quantitative estimate of drug-likeness (QED) is 0.808. The second-order valence-electron chi connectivity index (χ2n) is 4.20. The molecular weight excluding hydrogens is 222 g/mol. The molecule has 16 heavy (non-hydrogen) atoms. The van der Waals surface area contributed by atoms with Gasteiger partial charge in [-0.25, -0.2) is 4.68 Å². The highest BCUT2D eigenvalue weighted by atomic mass is 32.2. The smallest absolute Gasteiger partial charge is 0.209 e. The Labute approximate surface area is 100 Å². The minimum absolute atomic E-state index is 0.587. The molecule has 0 radical (unpaired) electrons. The normalized spacial score (nSPS) is 18.6. The van der Waals surface area contributed by atoms with E-state index in [1.807, 2.05) is 16.4 Å². The summed E-state index contributed by atoms with van der Waals surface area (Å²) < 4.78 is 1.82. The molecule has 0 aliphatic heterocycles. The molecule has 1 aromatic heterocycles. The maximum absolute atomic E-state index is 5.52. The van der Waals surface area contributed by atoms with Crippen molar-refractivity contribution in [1.29, 1.82) is 0 Å². The van der Waals surface area contributed by atoms with Gasteiger partial charge in [0, 0.05) is 11.8 Å². The molecule has 2 N–H and O–H groups in total. The van der Waals surface area contributed by atoms with Crippen molar-refractivity contribution < 1.29 is 0 Å². The lowest BCUT2D eigenvalue weighted by Crippen LogP contribution is -2.13. The fourth-order valence-corrected chi connectivity index (χ4v) is 3.25. The van der Waals surface area contributed by atoms with Crippen LogP contribution in [0.25, 0.3) is 0 Å². The summed E-state index contributed by atoms with van der Waals surface area (Å²) in [6.45, 7) is 1.30. The second-order valence-corrected chi connectivity index (χ2v) is 5.47. The van der Waals surface area contributed by atoms with E-state index in [0.29, 0.717) is 18.3 Å². The summed E-state index contributed by atoms with van der Waals surface area (Å²) in [6.07, 6.45) is 8.03. The van der Waals surface area contributed by atoms with Crippen LogP contribution in [0, 0.1) is 0 Å². The van der Waals surface area contributed by atoms with Gasteiger partial charge in [0.2, 0.25) is 5.16 Å². The Morgan fingerprint density at radius 2 is 2.00 bits per heavy atom. The first-order valence-corrected chi connectivity index (χ1v) is 6.91. The number of aromatic nitrogens is 4. The number of tetrazole rings is 1. The Kier molecular flexibility index (Phi) is 4.59. The first kappa shape index (κ1) is 11.9. The van der Waals surface area contributed by atoms with Crippen LogP contribution in [0.5, 0.6) is 0 Å². The number of thioether (sulfide) groups is 1. The van der Waals surface area contributed by atoms with Crippen molar-refractivity contribution in [2.75, 3.05) is 6.54 Å². The van der Waals surface area contributed by atoms with E-state index >= 15 is 0 Å². The highest BCUT2D eigenvalue weighted by molar-refractivity contribution is 7.99. The lowest BCUT2D eigenvalue weighted by Gasteiger charge is -2.12. The second kappa shape index (κ2) is 6.20. The van der Waals surface area contributed by atoms with Crippen molar-refractivity contribution in [2.45, 2.75) is 55.5 Å². The number of nitrogens with two attached hydrogens (primary N) is 1. The number of nitrogens with zero attached hydrogens (tertiary/aromatic N) is 4. The van der Waals surface area contributed by atoms with Gasteiger partial charge < -0.3 is 5.73 Å². The molecule has 0 spiro atoms. The zero-order chi connectivity index (χ0) is 11.2. The van der Waals surface area contributed by atoms with E-state index in [1.54, 1.807) is 0 Å². The van der Waals surface area contributed by atoms with Crippen molar-refractivity contribution in [2.24, 2.45) is 5.73 Å². The zero-order valence-electron chi connectivity index (χ0n) is 9.51. The molecule has 5 nitrogen and oxygen atoms in total. The lowest BCUT2D eigenvalue weighted by molar-refractivity contribution is 0.555. The van der Waals surface area contributed by atoms with Gasteiger partial charge >= 0.3 is 0 Å². The van der Waals surface area contributed by atoms with Gasteiger partial charge in [-0.3, -0.25) is 0 Å². The molecule has 6 heteroatoms. The Hall–Kier alpha value is -0.620. The minimum Gasteiger partial charge on any atom is -0.329 e. The molecule has 1 aliphatic rings. The average Bonchev–Trinajstić information content (AvgIpc) is 2.56. The van der Waals surface area contributed by atoms with Crippen molar-refractivity contribution in [3.63, 3.8) is 0 Å². The van der Waals surface area contributed by atoms with Crippen LogP contribution in [0.15, 0.2) is 5.16 Å². The van der Waals surface area contributed by atoms with Crippen LogP contribution in [-0.2, 0) is 6.54 Å². The van der Waals surface area contributed by atoms with Crippen molar-refractivity contribution in [1.82, 2.24) is 20.2 Å². The maximum Gasteiger partial charge on any atom is 0.209 e. The molecule has 0 unspecified atom stereocenters. The Bertz CT molecular complexity index is 306. The van der Waals surface area contributed by atoms with Gasteiger partial charge in [-0.15, -0.1) is 5.10 Å². The largest absolute Gasteiger partial charge is 0.329 e. The first-order valence-electron chi connectivity index (χ1n) is 6.03. The van der Waals surface area contributed by atoms with Gasteiger partial charge in [-0.2, -0.15) is 0 Å². The van der Waals surface area contributed by atoms with E-state index in [0.717, 1.165) is 5.16 Å². The fraction of sp³-hybridized carbons (Fsp3) is 0.900. The summed E-state index contributed by atoms with van der Waals surface area (Å²) in [5.74, 6) is 0. The van der Waals surface area contributed by atoms with E-state index in [2.05, 4.69) is 15.5 Å². The van der Waals surface area contributed by atoms with E-state index < -0.39 is 0 Å². The van der Waals surface area contributed by atoms with Crippen LogP contribution in [-0.4, -0.2) is 32.0 Å². The van der Waals surface area contributed by atoms with Gasteiger partial charge in [0.05, 0.1) is 6.54 Å². The highest BCUT2D eigenvalue weighted by Gasteiger charge is 2.17. The van der Waals surface area contributed by atoms with Crippen molar-refractivity contribution in [3.8, 4) is 0 Å². The van der Waals surface area contributed by atoms with Crippen molar-refractivity contribution in [3.05, 3.63) is 0 Å². The topological polar surface area (TPSA) is 69.6 Å². The summed E-state index contributed by atoms with van der Waals surface area (Å²) in [4.78, 5) is 0. The average molecular weight is 241 g/mol. The molecule has 2 rings (SSSR count). The first-order chi connectivity index (χ1) is 7.90. The predicted octanol–water partition coefficient (Wildman–Crippen LogP) is 1.45. The van der Waals surface area contributed by atoms with Crippen LogP contribution in [0.1, 0.15) is 38.5 Å². The molecule has 0 saturated heterocycles. The Morgan fingerprint density at radius 3 is 2.69 bits per heavy atom. The number of hydrogen-bond acceptors (Lipinski definition) is 5. The highest BCUT2D eigenvalue weighted by Crippen LogP contribution is 2.31. The number of hydrogen-bond donors (Lipinski definition) is 1. The summed E-state index contributed by atoms with van der Waals surface area (Å²) in [5, 5.41) is 13.3. The molecule has 1 aromatic rings. The molecule has 1 heterocycles. The van der Waals surface area contributed by atoms with Crippen LogP contribution in [0.4, 0.5) is 0 Å². The molecule has 1 saturated carbocycles. The predicted molar refractivity (Wildman–Crippen MR) is 64.2 cm³/mol. The molecule has 1 fully saturated rings. The lowest BCUT2D eigenvalue weighted by atomic mass is 10.2. The van der Waals surface area contributed by atoms with Crippen LogP contribution in [0.2, 0.25) is 0 Å². The van der Waals surface area contributed by atoms with E-state index in [4.69, 9.17) is 5.73 Å².